The number of aliphatic carboxylic acids is 1. The molecule has 0 aliphatic rings. The van der Waals surface area contributed by atoms with Gasteiger partial charge in [-0.2, -0.15) is 5.10 Å². The van der Waals surface area contributed by atoms with Gasteiger partial charge in [0.15, 0.2) is 0 Å². The summed E-state index contributed by atoms with van der Waals surface area (Å²) in [6.45, 7) is 2.18. The second kappa shape index (κ2) is 6.78. The summed E-state index contributed by atoms with van der Waals surface area (Å²) in [5, 5.41) is 12.8. The Kier molecular flexibility index (Phi) is 5.35. The van der Waals surface area contributed by atoms with E-state index < -0.39 is 5.97 Å². The molecule has 0 saturated heterocycles. The van der Waals surface area contributed by atoms with Crippen molar-refractivity contribution in [2.75, 3.05) is 13.1 Å². The van der Waals surface area contributed by atoms with Gasteiger partial charge < -0.3 is 10.0 Å². The molecule has 1 amide bonds. The van der Waals surface area contributed by atoms with Crippen LogP contribution in [0.4, 0.5) is 0 Å². The van der Waals surface area contributed by atoms with Crippen LogP contribution in [0.1, 0.15) is 25.3 Å². The van der Waals surface area contributed by atoms with E-state index in [0.29, 0.717) is 19.4 Å². The fraction of sp³-hybridized carbons (Fsp3) is 0.583. The molecule has 6 nitrogen and oxygen atoms in total. The van der Waals surface area contributed by atoms with Gasteiger partial charge in [0.1, 0.15) is 6.54 Å². The van der Waals surface area contributed by atoms with Gasteiger partial charge in [-0.1, -0.05) is 6.92 Å². The maximum absolute atomic E-state index is 11.9. The van der Waals surface area contributed by atoms with Gasteiger partial charge in [0.2, 0.25) is 5.91 Å². The summed E-state index contributed by atoms with van der Waals surface area (Å²) < 4.78 is 1.68. The van der Waals surface area contributed by atoms with Gasteiger partial charge in [-0.15, -0.1) is 0 Å². The lowest BCUT2D eigenvalue weighted by Gasteiger charge is -2.19. The highest BCUT2D eigenvalue weighted by Crippen LogP contribution is 2.04. The number of aromatic nitrogens is 2. The first-order chi connectivity index (χ1) is 8.52. The van der Waals surface area contributed by atoms with Crippen LogP contribution in [0.3, 0.4) is 0 Å². The van der Waals surface area contributed by atoms with Crippen LogP contribution in [-0.2, 0) is 23.1 Å². The molecule has 0 bridgehead atoms. The van der Waals surface area contributed by atoms with E-state index in [1.807, 2.05) is 20.2 Å². The van der Waals surface area contributed by atoms with Crippen molar-refractivity contribution in [3.63, 3.8) is 0 Å². The lowest BCUT2D eigenvalue weighted by Crippen LogP contribution is -2.36. The average Bonchev–Trinajstić information content (AvgIpc) is 2.71. The molecule has 18 heavy (non-hydrogen) atoms. The first-order valence-electron chi connectivity index (χ1n) is 6.00. The van der Waals surface area contributed by atoms with Crippen LogP contribution in [-0.4, -0.2) is 44.8 Å². The maximum atomic E-state index is 11.9. The molecule has 0 atom stereocenters. The van der Waals surface area contributed by atoms with E-state index in [1.165, 1.54) is 4.90 Å². The molecule has 100 valence electrons. The minimum absolute atomic E-state index is 0.122. The van der Waals surface area contributed by atoms with Gasteiger partial charge in [-0.25, -0.2) is 0 Å². The predicted molar refractivity (Wildman–Crippen MR) is 66.0 cm³/mol. The van der Waals surface area contributed by atoms with Crippen molar-refractivity contribution in [3.8, 4) is 0 Å². The lowest BCUT2D eigenvalue weighted by atomic mass is 10.2. The van der Waals surface area contributed by atoms with E-state index in [4.69, 9.17) is 5.11 Å². The number of rotatable bonds is 7. The fourth-order valence-electron chi connectivity index (χ4n) is 1.74. The highest BCUT2D eigenvalue weighted by atomic mass is 16.4. The van der Waals surface area contributed by atoms with Crippen LogP contribution >= 0.6 is 0 Å². The molecule has 0 aliphatic heterocycles. The number of carboxylic acid groups (broad SMARTS) is 1. The zero-order valence-electron chi connectivity index (χ0n) is 10.8. The first kappa shape index (κ1) is 14.2. The highest BCUT2D eigenvalue weighted by molar-refractivity contribution is 5.81. The Morgan fingerprint density at radius 1 is 1.50 bits per heavy atom. The number of aryl methyl sites for hydroxylation is 2. The summed E-state index contributed by atoms with van der Waals surface area (Å²) in [5.74, 6) is -1.10. The van der Waals surface area contributed by atoms with Gasteiger partial charge in [0.25, 0.3) is 0 Å². The monoisotopic (exact) mass is 253 g/mol. The van der Waals surface area contributed by atoms with Gasteiger partial charge >= 0.3 is 5.97 Å². The van der Waals surface area contributed by atoms with Crippen molar-refractivity contribution < 1.29 is 14.7 Å². The molecule has 1 heterocycles. The molecule has 0 spiro atoms. The lowest BCUT2D eigenvalue weighted by molar-refractivity contribution is -0.144. The van der Waals surface area contributed by atoms with Crippen molar-refractivity contribution in [2.24, 2.45) is 7.05 Å². The fourth-order valence-corrected chi connectivity index (χ4v) is 1.74. The summed E-state index contributed by atoms with van der Waals surface area (Å²) in [7, 11) is 1.82. The van der Waals surface area contributed by atoms with Crippen LogP contribution in [0.15, 0.2) is 12.4 Å². The Labute approximate surface area is 106 Å². The average molecular weight is 253 g/mol. The minimum atomic E-state index is -0.974. The molecule has 1 N–H and O–H groups in total. The van der Waals surface area contributed by atoms with E-state index in [2.05, 4.69) is 5.10 Å². The first-order valence-corrected chi connectivity index (χ1v) is 6.00. The predicted octanol–water partition coefficient (Wildman–Crippen LogP) is 0.676. The van der Waals surface area contributed by atoms with Crippen LogP contribution in [0.5, 0.6) is 0 Å². The smallest absolute Gasteiger partial charge is 0.323 e. The number of nitrogens with zero attached hydrogens (tertiary/aromatic N) is 3. The van der Waals surface area contributed by atoms with Gasteiger partial charge in [0, 0.05) is 26.2 Å². The number of amides is 1. The number of hydrogen-bond donors (Lipinski definition) is 1. The van der Waals surface area contributed by atoms with Crippen LogP contribution in [0, 0.1) is 0 Å². The largest absolute Gasteiger partial charge is 0.480 e. The van der Waals surface area contributed by atoms with Crippen LogP contribution in [0.2, 0.25) is 0 Å². The second-order valence-electron chi connectivity index (χ2n) is 4.23. The van der Waals surface area contributed by atoms with Crippen molar-refractivity contribution >= 4 is 11.9 Å². The highest BCUT2D eigenvalue weighted by Gasteiger charge is 2.15. The van der Waals surface area contributed by atoms with Crippen molar-refractivity contribution in [1.29, 1.82) is 0 Å². The zero-order valence-corrected chi connectivity index (χ0v) is 10.8. The Morgan fingerprint density at radius 2 is 2.22 bits per heavy atom. The molecular formula is C12H19N3O3. The number of carbonyl (C=O) groups is 2. The van der Waals surface area contributed by atoms with Gasteiger partial charge in [-0.05, 0) is 18.4 Å². The summed E-state index contributed by atoms with van der Waals surface area (Å²) >= 11 is 0. The molecule has 6 heteroatoms. The minimum Gasteiger partial charge on any atom is -0.480 e. The van der Waals surface area contributed by atoms with Gasteiger partial charge in [0.05, 0.1) is 6.20 Å². The van der Waals surface area contributed by atoms with Crippen molar-refractivity contribution in [3.05, 3.63) is 18.0 Å². The maximum Gasteiger partial charge on any atom is 0.323 e. The van der Waals surface area contributed by atoms with Gasteiger partial charge in [-0.3, -0.25) is 14.3 Å². The van der Waals surface area contributed by atoms with E-state index in [1.54, 1.807) is 10.9 Å². The quantitative estimate of drug-likeness (QED) is 0.775. The van der Waals surface area contributed by atoms with E-state index in [9.17, 15) is 9.59 Å². The molecule has 1 aromatic heterocycles. The third-order valence-electron chi connectivity index (χ3n) is 2.56. The Hall–Kier alpha value is -1.85. The standard InChI is InChI=1S/C12H19N3O3/c1-3-6-15(9-12(17)18)11(16)5-4-10-7-13-14(2)8-10/h7-8H,3-6,9H2,1-2H3,(H,17,18). The van der Waals surface area contributed by atoms with E-state index >= 15 is 0 Å². The summed E-state index contributed by atoms with van der Waals surface area (Å²) in [6, 6.07) is 0. The van der Waals surface area contributed by atoms with Crippen molar-refractivity contribution in [1.82, 2.24) is 14.7 Å². The summed E-state index contributed by atoms with van der Waals surface area (Å²) in [6.07, 6.45) is 5.24. The Morgan fingerprint density at radius 3 is 2.72 bits per heavy atom. The SMILES string of the molecule is CCCN(CC(=O)O)C(=O)CCc1cnn(C)c1. The molecule has 0 unspecified atom stereocenters. The zero-order chi connectivity index (χ0) is 13.5. The topological polar surface area (TPSA) is 75.4 Å². The summed E-state index contributed by atoms with van der Waals surface area (Å²) in [4.78, 5) is 23.9. The van der Waals surface area contributed by atoms with E-state index in [-0.39, 0.29) is 12.5 Å². The third-order valence-corrected chi connectivity index (χ3v) is 2.56. The number of hydrogen-bond acceptors (Lipinski definition) is 3. The molecule has 1 rings (SSSR count). The van der Waals surface area contributed by atoms with Crippen molar-refractivity contribution in [2.45, 2.75) is 26.2 Å². The third kappa shape index (κ3) is 4.57. The normalized spacial score (nSPS) is 10.3. The molecule has 0 saturated carbocycles. The Bertz CT molecular complexity index is 414. The second-order valence-corrected chi connectivity index (χ2v) is 4.23. The molecule has 0 aliphatic carbocycles. The molecule has 0 aromatic carbocycles. The summed E-state index contributed by atoms with van der Waals surface area (Å²) in [5.41, 5.74) is 0.984. The molecule has 1 aromatic rings. The number of carboxylic acids is 1. The van der Waals surface area contributed by atoms with Crippen LogP contribution in [0.25, 0.3) is 0 Å². The Balaban J connectivity index is 2.48. The van der Waals surface area contributed by atoms with E-state index in [0.717, 1.165) is 12.0 Å². The number of carbonyl (C=O) groups excluding carboxylic acids is 1. The van der Waals surface area contributed by atoms with Crippen LogP contribution < -0.4 is 0 Å². The molecule has 0 radical (unpaired) electrons. The molecule has 0 fully saturated rings. The molecular weight excluding hydrogens is 234 g/mol.